The Hall–Kier alpha value is -2.02. The molecule has 1 heterocycles. The smallest absolute Gasteiger partial charge is 0.306 e. The largest absolute Gasteiger partial charge is 0.377 e. The molecule has 1 atom stereocenters. The number of aryl methyl sites for hydroxylation is 1. The number of aromatic nitrogens is 1. The number of benzene rings is 1. The van der Waals surface area contributed by atoms with Crippen LogP contribution >= 0.6 is 11.3 Å². The van der Waals surface area contributed by atoms with E-state index in [0.29, 0.717) is 5.69 Å². The van der Waals surface area contributed by atoms with Gasteiger partial charge in [-0.25, -0.2) is 4.98 Å². The molecule has 1 unspecified atom stereocenters. The molecule has 5 nitrogen and oxygen atoms in total. The van der Waals surface area contributed by atoms with Crippen LogP contribution in [0.2, 0.25) is 0 Å². The van der Waals surface area contributed by atoms with Crippen molar-refractivity contribution in [2.75, 3.05) is 5.32 Å². The first-order chi connectivity index (χ1) is 8.99. The zero-order valence-corrected chi connectivity index (χ0v) is 11.2. The van der Waals surface area contributed by atoms with Crippen LogP contribution in [0.25, 0.3) is 0 Å². The molecule has 0 saturated carbocycles. The molecule has 0 bridgehead atoms. The van der Waals surface area contributed by atoms with E-state index in [0.717, 1.165) is 16.6 Å². The van der Waals surface area contributed by atoms with E-state index in [2.05, 4.69) is 10.3 Å². The van der Waals surface area contributed by atoms with Gasteiger partial charge in [0.15, 0.2) is 0 Å². The lowest BCUT2D eigenvalue weighted by atomic mass is 10.2. The van der Waals surface area contributed by atoms with Gasteiger partial charge >= 0.3 is 5.69 Å². The minimum absolute atomic E-state index is 0.0439. The van der Waals surface area contributed by atoms with Crippen LogP contribution in [0.1, 0.15) is 23.5 Å². The summed E-state index contributed by atoms with van der Waals surface area (Å²) in [6, 6.07) is 3.72. The maximum absolute atomic E-state index is 13.2. The van der Waals surface area contributed by atoms with E-state index in [1.54, 1.807) is 5.51 Å². The first-order valence-electron chi connectivity index (χ1n) is 5.59. The Morgan fingerprint density at radius 2 is 2.26 bits per heavy atom. The van der Waals surface area contributed by atoms with Crippen molar-refractivity contribution in [3.8, 4) is 0 Å². The van der Waals surface area contributed by atoms with Crippen molar-refractivity contribution in [2.45, 2.75) is 19.9 Å². The number of nitro benzene ring substituents is 1. The highest BCUT2D eigenvalue weighted by Crippen LogP contribution is 2.27. The highest BCUT2D eigenvalue weighted by molar-refractivity contribution is 7.09. The van der Waals surface area contributed by atoms with Gasteiger partial charge in [-0.2, -0.15) is 4.39 Å². The third-order valence-electron chi connectivity index (χ3n) is 2.70. The first kappa shape index (κ1) is 13.4. The van der Waals surface area contributed by atoms with Crippen LogP contribution in [0.4, 0.5) is 15.8 Å². The summed E-state index contributed by atoms with van der Waals surface area (Å²) in [5, 5.41) is 13.8. The monoisotopic (exact) mass is 281 g/mol. The van der Waals surface area contributed by atoms with E-state index in [-0.39, 0.29) is 6.04 Å². The molecule has 7 heteroatoms. The molecular formula is C12H12FN3O2S. The van der Waals surface area contributed by atoms with Crippen LogP contribution in [0.3, 0.4) is 0 Å². The minimum Gasteiger partial charge on any atom is -0.377 e. The summed E-state index contributed by atoms with van der Waals surface area (Å²) in [6.07, 6.45) is 0. The van der Waals surface area contributed by atoms with Crippen LogP contribution in [-0.4, -0.2) is 9.91 Å². The van der Waals surface area contributed by atoms with Crippen LogP contribution in [0.5, 0.6) is 0 Å². The topological polar surface area (TPSA) is 68.1 Å². The number of nitrogens with zero attached hydrogens (tertiary/aromatic N) is 2. The molecule has 1 aromatic carbocycles. The quantitative estimate of drug-likeness (QED) is 0.685. The fourth-order valence-corrected chi connectivity index (χ4v) is 2.60. The van der Waals surface area contributed by atoms with Gasteiger partial charge in [-0.1, -0.05) is 0 Å². The van der Waals surface area contributed by atoms with Gasteiger partial charge in [0.05, 0.1) is 22.2 Å². The summed E-state index contributed by atoms with van der Waals surface area (Å²) in [5.74, 6) is -0.836. The van der Waals surface area contributed by atoms with Gasteiger partial charge in [0.1, 0.15) is 0 Å². The summed E-state index contributed by atoms with van der Waals surface area (Å²) < 4.78 is 13.2. The lowest BCUT2D eigenvalue weighted by Crippen LogP contribution is -2.07. The van der Waals surface area contributed by atoms with Crippen molar-refractivity contribution in [1.29, 1.82) is 0 Å². The van der Waals surface area contributed by atoms with Gasteiger partial charge in [-0.15, -0.1) is 11.3 Å². The lowest BCUT2D eigenvalue weighted by molar-refractivity contribution is -0.387. The van der Waals surface area contributed by atoms with Crippen molar-refractivity contribution >= 4 is 22.7 Å². The van der Waals surface area contributed by atoms with Gasteiger partial charge in [-0.3, -0.25) is 10.1 Å². The average molecular weight is 281 g/mol. The van der Waals surface area contributed by atoms with E-state index in [1.165, 1.54) is 23.5 Å². The summed E-state index contributed by atoms with van der Waals surface area (Å²) in [6.45, 7) is 3.83. The summed E-state index contributed by atoms with van der Waals surface area (Å²) in [7, 11) is 0. The highest BCUT2D eigenvalue weighted by atomic mass is 32.1. The number of nitro groups is 1. The molecule has 0 amide bonds. The van der Waals surface area contributed by atoms with Crippen LogP contribution < -0.4 is 5.32 Å². The lowest BCUT2D eigenvalue weighted by Gasteiger charge is -2.14. The minimum atomic E-state index is -0.836. The van der Waals surface area contributed by atoms with Gasteiger partial charge in [0.2, 0.25) is 5.82 Å². The molecule has 0 fully saturated rings. The number of anilines is 1. The van der Waals surface area contributed by atoms with Crippen LogP contribution in [-0.2, 0) is 0 Å². The third-order valence-corrected chi connectivity index (χ3v) is 3.82. The Morgan fingerprint density at radius 1 is 1.53 bits per heavy atom. The number of halogens is 1. The predicted molar refractivity (Wildman–Crippen MR) is 71.9 cm³/mol. The average Bonchev–Trinajstić information content (AvgIpc) is 2.77. The van der Waals surface area contributed by atoms with Crippen molar-refractivity contribution < 1.29 is 9.31 Å². The summed E-state index contributed by atoms with van der Waals surface area (Å²) in [5.41, 5.74) is 2.64. The van der Waals surface area contributed by atoms with Crippen molar-refractivity contribution in [3.63, 3.8) is 0 Å². The van der Waals surface area contributed by atoms with E-state index in [1.807, 2.05) is 13.8 Å². The van der Waals surface area contributed by atoms with Gasteiger partial charge in [0.25, 0.3) is 0 Å². The van der Waals surface area contributed by atoms with Gasteiger partial charge in [-0.05, 0) is 26.0 Å². The number of hydrogen-bond acceptors (Lipinski definition) is 5. The molecule has 0 radical (unpaired) electrons. The fourth-order valence-electron chi connectivity index (χ4n) is 1.78. The summed E-state index contributed by atoms with van der Waals surface area (Å²) in [4.78, 5) is 15.1. The molecule has 0 aliphatic carbocycles. The van der Waals surface area contributed by atoms with Crippen molar-refractivity contribution in [3.05, 3.63) is 50.2 Å². The van der Waals surface area contributed by atoms with Crippen LogP contribution in [0.15, 0.2) is 23.7 Å². The molecule has 0 aliphatic heterocycles. The van der Waals surface area contributed by atoms with E-state index in [9.17, 15) is 14.5 Å². The highest BCUT2D eigenvalue weighted by Gasteiger charge is 2.16. The maximum atomic E-state index is 13.2. The molecule has 19 heavy (non-hydrogen) atoms. The Labute approximate surface area is 113 Å². The molecule has 2 aromatic rings. The molecule has 1 aromatic heterocycles. The molecule has 0 saturated heterocycles. The zero-order valence-electron chi connectivity index (χ0n) is 10.4. The SMILES string of the molecule is Cc1ncsc1C(C)Nc1ccc(F)c([N+](=O)[O-])c1. The second-order valence-electron chi connectivity index (χ2n) is 4.09. The first-order valence-corrected chi connectivity index (χ1v) is 6.47. The zero-order chi connectivity index (χ0) is 14.0. The number of thiazole rings is 1. The Balaban J connectivity index is 2.22. The van der Waals surface area contributed by atoms with Crippen molar-refractivity contribution in [1.82, 2.24) is 4.98 Å². The molecule has 100 valence electrons. The van der Waals surface area contributed by atoms with Gasteiger partial charge in [0, 0.05) is 16.6 Å². The molecule has 1 N–H and O–H groups in total. The fraction of sp³-hybridized carbons (Fsp3) is 0.250. The van der Waals surface area contributed by atoms with Gasteiger partial charge < -0.3 is 5.32 Å². The maximum Gasteiger partial charge on any atom is 0.306 e. The van der Waals surface area contributed by atoms with E-state index < -0.39 is 16.4 Å². The molecule has 2 rings (SSSR count). The summed E-state index contributed by atoms with van der Waals surface area (Å²) >= 11 is 1.51. The third kappa shape index (κ3) is 2.87. The molecule has 0 aliphatic rings. The predicted octanol–water partition coefficient (Wildman–Crippen LogP) is 3.67. The molecular weight excluding hydrogens is 269 g/mol. The standard InChI is InChI=1S/C12H12FN3O2S/c1-7-12(19-6-14-7)8(2)15-9-3-4-10(13)11(5-9)16(17)18/h3-6,8,15H,1-2H3. The Morgan fingerprint density at radius 3 is 2.84 bits per heavy atom. The van der Waals surface area contributed by atoms with E-state index in [4.69, 9.17) is 0 Å². The molecule has 0 spiro atoms. The second kappa shape index (κ2) is 5.31. The van der Waals surface area contributed by atoms with E-state index >= 15 is 0 Å². The van der Waals surface area contributed by atoms with Crippen molar-refractivity contribution in [2.24, 2.45) is 0 Å². The van der Waals surface area contributed by atoms with Crippen LogP contribution in [0, 0.1) is 22.9 Å². The second-order valence-corrected chi connectivity index (χ2v) is 4.98. The Kier molecular flexibility index (Phi) is 3.75. The Bertz CT molecular complexity index is 615. The number of hydrogen-bond donors (Lipinski definition) is 1. The number of rotatable bonds is 4. The number of nitrogens with one attached hydrogen (secondary N) is 1. The normalized spacial score (nSPS) is 12.2.